The molecule has 88 valence electrons. The van der Waals surface area contributed by atoms with Crippen molar-refractivity contribution in [3.63, 3.8) is 0 Å². The predicted molar refractivity (Wildman–Crippen MR) is 65.9 cm³/mol. The zero-order valence-corrected chi connectivity index (χ0v) is 9.73. The summed E-state index contributed by atoms with van der Waals surface area (Å²) in [5.74, 6) is 0.820. The fourth-order valence-electron chi connectivity index (χ4n) is 1.98. The highest BCUT2D eigenvalue weighted by Gasteiger charge is 2.34. The molecule has 0 unspecified atom stereocenters. The number of nitrogens with one attached hydrogen (secondary N) is 2. The molecule has 0 saturated carbocycles. The maximum atomic E-state index is 6.01. The Hall–Kier alpha value is -1.81. The van der Waals surface area contributed by atoms with E-state index in [1.165, 1.54) is 0 Å². The Morgan fingerprint density at radius 2 is 2.00 bits per heavy atom. The summed E-state index contributed by atoms with van der Waals surface area (Å²) in [5.41, 5.74) is 1.93. The summed E-state index contributed by atoms with van der Waals surface area (Å²) >= 11 is 0. The molecule has 4 nitrogen and oxygen atoms in total. The molecule has 1 aliphatic heterocycles. The second-order valence-electron chi connectivity index (χ2n) is 4.63. The Kier molecular flexibility index (Phi) is 2.37. The normalized spacial score (nSPS) is 17.5. The molecule has 1 fully saturated rings. The van der Waals surface area contributed by atoms with Gasteiger partial charge in [-0.15, -0.1) is 0 Å². The minimum atomic E-state index is -0.104. The lowest BCUT2D eigenvalue weighted by Crippen LogP contribution is -2.61. The highest BCUT2D eigenvalue weighted by molar-refractivity contribution is 5.65. The van der Waals surface area contributed by atoms with Gasteiger partial charge >= 0.3 is 0 Å². The van der Waals surface area contributed by atoms with E-state index in [2.05, 4.69) is 22.4 Å². The van der Waals surface area contributed by atoms with Gasteiger partial charge in [0.1, 0.15) is 11.3 Å². The van der Waals surface area contributed by atoms with Crippen molar-refractivity contribution in [3.8, 4) is 17.0 Å². The van der Waals surface area contributed by atoms with Gasteiger partial charge in [0.25, 0.3) is 0 Å². The van der Waals surface area contributed by atoms with Gasteiger partial charge < -0.3 is 10.1 Å². The Balaban J connectivity index is 1.89. The zero-order chi connectivity index (χ0) is 11.7. The Labute approximate surface area is 100 Å². The molecule has 1 aromatic heterocycles. The molecule has 0 aliphatic carbocycles. The van der Waals surface area contributed by atoms with Crippen molar-refractivity contribution < 1.29 is 4.74 Å². The lowest BCUT2D eigenvalue weighted by atomic mass is 10.00. The predicted octanol–water partition coefficient (Wildman–Crippen LogP) is 1.82. The van der Waals surface area contributed by atoms with Crippen molar-refractivity contribution in [3.05, 3.63) is 36.5 Å². The first-order chi connectivity index (χ1) is 8.27. The van der Waals surface area contributed by atoms with E-state index in [4.69, 9.17) is 4.74 Å². The van der Waals surface area contributed by atoms with Crippen molar-refractivity contribution >= 4 is 0 Å². The number of nitrogens with zero attached hydrogens (tertiary/aromatic N) is 1. The van der Waals surface area contributed by atoms with Crippen LogP contribution in [0.1, 0.15) is 6.92 Å². The second-order valence-corrected chi connectivity index (χ2v) is 4.63. The van der Waals surface area contributed by atoms with E-state index in [1.54, 1.807) is 6.20 Å². The van der Waals surface area contributed by atoms with E-state index in [9.17, 15) is 0 Å². The first kappa shape index (κ1) is 10.4. The first-order valence-corrected chi connectivity index (χ1v) is 5.75. The fourth-order valence-corrected chi connectivity index (χ4v) is 1.98. The summed E-state index contributed by atoms with van der Waals surface area (Å²) in [4.78, 5) is 0. The van der Waals surface area contributed by atoms with Crippen LogP contribution in [0.5, 0.6) is 5.75 Å². The molecular formula is C13H15N3O. The summed E-state index contributed by atoms with van der Waals surface area (Å²) in [7, 11) is 0. The summed E-state index contributed by atoms with van der Waals surface area (Å²) in [6, 6.07) is 10.1. The minimum Gasteiger partial charge on any atom is -0.481 e. The highest BCUT2D eigenvalue weighted by Crippen LogP contribution is 2.30. The Bertz CT molecular complexity index is 502. The van der Waals surface area contributed by atoms with E-state index >= 15 is 0 Å². The standard InChI is InChI=1S/C13H15N3O/c1-13(8-14-9-13)17-11-7-15-16-12(11)10-5-3-2-4-6-10/h2-7,14H,8-9H2,1H3,(H,15,16). The molecule has 2 heterocycles. The lowest BCUT2D eigenvalue weighted by molar-refractivity contribution is 0.0354. The van der Waals surface area contributed by atoms with Crippen molar-refractivity contribution in [2.45, 2.75) is 12.5 Å². The fraction of sp³-hybridized carbons (Fsp3) is 0.308. The molecule has 1 aromatic carbocycles. The maximum absolute atomic E-state index is 6.01. The molecule has 17 heavy (non-hydrogen) atoms. The molecule has 0 radical (unpaired) electrons. The van der Waals surface area contributed by atoms with E-state index in [1.807, 2.05) is 30.3 Å². The van der Waals surface area contributed by atoms with Crippen molar-refractivity contribution in [2.75, 3.05) is 13.1 Å². The summed E-state index contributed by atoms with van der Waals surface area (Å²) in [6.07, 6.45) is 1.74. The van der Waals surface area contributed by atoms with Crippen LogP contribution in [0.4, 0.5) is 0 Å². The van der Waals surface area contributed by atoms with Gasteiger partial charge in [0, 0.05) is 18.7 Å². The van der Waals surface area contributed by atoms with Crippen LogP contribution < -0.4 is 10.1 Å². The third kappa shape index (κ3) is 1.91. The summed E-state index contributed by atoms with van der Waals surface area (Å²) in [6.45, 7) is 3.87. The van der Waals surface area contributed by atoms with Gasteiger partial charge in [0.2, 0.25) is 0 Å². The SMILES string of the molecule is CC1(Oc2cn[nH]c2-c2ccccc2)CNC1. The molecule has 1 aliphatic rings. The van der Waals surface area contributed by atoms with Crippen molar-refractivity contribution in [1.29, 1.82) is 0 Å². The Morgan fingerprint density at radius 1 is 1.24 bits per heavy atom. The van der Waals surface area contributed by atoms with Gasteiger partial charge in [-0.2, -0.15) is 5.10 Å². The second kappa shape index (κ2) is 3.89. The maximum Gasteiger partial charge on any atom is 0.165 e. The van der Waals surface area contributed by atoms with Crippen LogP contribution in [0.3, 0.4) is 0 Å². The third-order valence-corrected chi connectivity index (χ3v) is 3.02. The number of hydrogen-bond donors (Lipinski definition) is 2. The molecule has 0 spiro atoms. The van der Waals surface area contributed by atoms with Crippen LogP contribution in [0, 0.1) is 0 Å². The molecule has 0 amide bonds. The van der Waals surface area contributed by atoms with E-state index < -0.39 is 0 Å². The quantitative estimate of drug-likeness (QED) is 0.844. The number of benzene rings is 1. The van der Waals surface area contributed by atoms with Gasteiger partial charge in [-0.25, -0.2) is 0 Å². The first-order valence-electron chi connectivity index (χ1n) is 5.75. The number of aromatic nitrogens is 2. The molecule has 1 saturated heterocycles. The molecule has 2 aromatic rings. The number of hydrogen-bond acceptors (Lipinski definition) is 3. The van der Waals surface area contributed by atoms with Crippen LogP contribution >= 0.6 is 0 Å². The molecule has 4 heteroatoms. The van der Waals surface area contributed by atoms with Crippen LogP contribution in [-0.2, 0) is 0 Å². The smallest absolute Gasteiger partial charge is 0.165 e. The average molecular weight is 229 g/mol. The average Bonchev–Trinajstić information content (AvgIpc) is 2.76. The van der Waals surface area contributed by atoms with Gasteiger partial charge in [-0.1, -0.05) is 30.3 Å². The lowest BCUT2D eigenvalue weighted by Gasteiger charge is -2.39. The van der Waals surface area contributed by atoms with E-state index in [0.29, 0.717) is 0 Å². The van der Waals surface area contributed by atoms with Crippen LogP contribution in [-0.4, -0.2) is 28.9 Å². The van der Waals surface area contributed by atoms with E-state index in [0.717, 1.165) is 30.1 Å². The van der Waals surface area contributed by atoms with Gasteiger partial charge in [-0.05, 0) is 6.92 Å². The van der Waals surface area contributed by atoms with Crippen LogP contribution in [0.25, 0.3) is 11.3 Å². The van der Waals surface area contributed by atoms with Gasteiger partial charge in [-0.3, -0.25) is 5.10 Å². The largest absolute Gasteiger partial charge is 0.481 e. The van der Waals surface area contributed by atoms with Gasteiger partial charge in [0.05, 0.1) is 6.20 Å². The molecule has 3 rings (SSSR count). The van der Waals surface area contributed by atoms with Crippen molar-refractivity contribution in [2.24, 2.45) is 0 Å². The minimum absolute atomic E-state index is 0.104. The molecular weight excluding hydrogens is 214 g/mol. The number of rotatable bonds is 3. The molecule has 0 bridgehead atoms. The summed E-state index contributed by atoms with van der Waals surface area (Å²) in [5, 5.41) is 10.3. The topological polar surface area (TPSA) is 49.9 Å². The van der Waals surface area contributed by atoms with E-state index in [-0.39, 0.29) is 5.60 Å². The van der Waals surface area contributed by atoms with Crippen molar-refractivity contribution in [1.82, 2.24) is 15.5 Å². The Morgan fingerprint density at radius 3 is 2.65 bits per heavy atom. The molecule has 0 atom stereocenters. The van der Waals surface area contributed by atoms with Crippen LogP contribution in [0.15, 0.2) is 36.5 Å². The van der Waals surface area contributed by atoms with Gasteiger partial charge in [0.15, 0.2) is 5.75 Å². The third-order valence-electron chi connectivity index (χ3n) is 3.02. The number of H-pyrrole nitrogens is 1. The number of aromatic amines is 1. The highest BCUT2D eigenvalue weighted by atomic mass is 16.5. The van der Waals surface area contributed by atoms with Crippen LogP contribution in [0.2, 0.25) is 0 Å². The molecule has 2 N–H and O–H groups in total. The number of ether oxygens (including phenoxy) is 1. The monoisotopic (exact) mass is 229 g/mol. The zero-order valence-electron chi connectivity index (χ0n) is 9.73. The summed E-state index contributed by atoms with van der Waals surface area (Å²) < 4.78 is 6.01.